The maximum atomic E-state index is 12.6. The van der Waals surface area contributed by atoms with Crippen molar-refractivity contribution in [1.82, 2.24) is 10.9 Å². The molecule has 1 aliphatic heterocycles. The first-order chi connectivity index (χ1) is 10.7. The molecule has 1 aromatic carbocycles. The van der Waals surface area contributed by atoms with Crippen molar-refractivity contribution < 1.29 is 22.0 Å². The van der Waals surface area contributed by atoms with Crippen molar-refractivity contribution in [3.63, 3.8) is 0 Å². The molecule has 1 heterocycles. The monoisotopic (exact) mass is 347 g/mol. The number of sulfone groups is 1. The van der Waals surface area contributed by atoms with Crippen LogP contribution in [-0.4, -0.2) is 32.2 Å². The van der Waals surface area contributed by atoms with Gasteiger partial charge in [0.05, 0.1) is 4.90 Å². The molecular formula is C14H19F2N3O3S. The van der Waals surface area contributed by atoms with Crippen molar-refractivity contribution in [2.45, 2.75) is 43.0 Å². The van der Waals surface area contributed by atoms with Crippen molar-refractivity contribution in [1.29, 1.82) is 0 Å². The number of halogens is 2. The van der Waals surface area contributed by atoms with Gasteiger partial charge in [-0.05, 0) is 30.5 Å². The molecule has 0 bridgehead atoms. The number of amides is 1. The molecule has 128 valence electrons. The number of hydrazine groups is 1. The van der Waals surface area contributed by atoms with Crippen LogP contribution in [0.3, 0.4) is 0 Å². The lowest BCUT2D eigenvalue weighted by Crippen LogP contribution is -2.40. The number of hydrogen-bond acceptors (Lipinski definition) is 5. The summed E-state index contributed by atoms with van der Waals surface area (Å²) in [6, 6.07) is 4.53. The van der Waals surface area contributed by atoms with E-state index in [0.717, 1.165) is 12.1 Å². The van der Waals surface area contributed by atoms with E-state index < -0.39 is 26.5 Å². The maximum absolute atomic E-state index is 12.6. The zero-order valence-electron chi connectivity index (χ0n) is 12.7. The second kappa shape index (κ2) is 6.90. The van der Waals surface area contributed by atoms with E-state index in [1.165, 1.54) is 12.1 Å². The van der Waals surface area contributed by atoms with Gasteiger partial charge in [0.2, 0.25) is 15.7 Å². The first-order valence-corrected chi connectivity index (χ1v) is 8.70. The summed E-state index contributed by atoms with van der Waals surface area (Å²) in [5.41, 5.74) is 6.05. The molecule has 1 aliphatic rings. The van der Waals surface area contributed by atoms with E-state index in [4.69, 9.17) is 0 Å². The van der Waals surface area contributed by atoms with Crippen LogP contribution in [0, 0.1) is 5.92 Å². The summed E-state index contributed by atoms with van der Waals surface area (Å²) >= 11 is 0. The Morgan fingerprint density at radius 2 is 2.00 bits per heavy atom. The first kappa shape index (κ1) is 17.8. The average Bonchev–Trinajstić information content (AvgIpc) is 2.97. The van der Waals surface area contributed by atoms with Crippen LogP contribution >= 0.6 is 0 Å². The number of rotatable bonds is 5. The highest BCUT2D eigenvalue weighted by molar-refractivity contribution is 7.91. The van der Waals surface area contributed by atoms with E-state index in [9.17, 15) is 22.0 Å². The number of carbonyl (C=O) groups excluding carboxylic acids is 1. The van der Waals surface area contributed by atoms with E-state index in [0.29, 0.717) is 12.3 Å². The first-order valence-electron chi connectivity index (χ1n) is 7.16. The molecule has 1 saturated heterocycles. The van der Waals surface area contributed by atoms with Gasteiger partial charge in [0.15, 0.2) is 0 Å². The molecule has 2 unspecified atom stereocenters. The number of hydrogen-bond donors (Lipinski definition) is 3. The largest absolute Gasteiger partial charge is 0.341 e. The Morgan fingerprint density at radius 1 is 1.30 bits per heavy atom. The topological polar surface area (TPSA) is 87.3 Å². The molecule has 1 amide bonds. The van der Waals surface area contributed by atoms with Gasteiger partial charge in [0.1, 0.15) is 6.04 Å². The predicted octanol–water partition coefficient (Wildman–Crippen LogP) is 1.51. The Balaban J connectivity index is 2.08. The highest BCUT2D eigenvalue weighted by atomic mass is 32.2. The highest BCUT2D eigenvalue weighted by Crippen LogP contribution is 2.22. The van der Waals surface area contributed by atoms with Crippen molar-refractivity contribution >= 4 is 21.4 Å². The smallest absolute Gasteiger partial charge is 0.325 e. The van der Waals surface area contributed by atoms with E-state index in [2.05, 4.69) is 16.2 Å². The molecule has 1 fully saturated rings. The van der Waals surface area contributed by atoms with E-state index in [-0.39, 0.29) is 17.6 Å². The van der Waals surface area contributed by atoms with E-state index in [1.54, 1.807) is 0 Å². The lowest BCUT2D eigenvalue weighted by molar-refractivity contribution is -0.117. The summed E-state index contributed by atoms with van der Waals surface area (Å²) in [7, 11) is -4.69. The van der Waals surface area contributed by atoms with Gasteiger partial charge in [-0.1, -0.05) is 19.9 Å². The number of nitrogens with one attached hydrogen (secondary N) is 3. The second-order valence-corrected chi connectivity index (χ2v) is 7.67. The number of carbonyl (C=O) groups is 1. The molecule has 6 nitrogen and oxygen atoms in total. The maximum Gasteiger partial charge on any atom is 0.341 e. The van der Waals surface area contributed by atoms with Gasteiger partial charge in [-0.15, -0.1) is 0 Å². The van der Waals surface area contributed by atoms with Gasteiger partial charge >= 0.3 is 5.76 Å². The molecule has 0 aliphatic carbocycles. The Morgan fingerprint density at radius 3 is 2.57 bits per heavy atom. The zero-order chi connectivity index (χ0) is 17.2. The van der Waals surface area contributed by atoms with Gasteiger partial charge in [0.25, 0.3) is 0 Å². The van der Waals surface area contributed by atoms with Crippen LogP contribution in [0.25, 0.3) is 0 Å². The summed E-state index contributed by atoms with van der Waals surface area (Å²) < 4.78 is 48.0. The fraction of sp³-hybridized carbons (Fsp3) is 0.500. The lowest BCUT2D eigenvalue weighted by Gasteiger charge is -2.13. The molecule has 0 radical (unpaired) electrons. The number of benzene rings is 1. The molecule has 9 heteroatoms. The van der Waals surface area contributed by atoms with Crippen molar-refractivity contribution in [3.05, 3.63) is 24.3 Å². The summed E-state index contributed by atoms with van der Waals surface area (Å²) in [6.45, 7) is 4.05. The number of anilines is 1. The zero-order valence-corrected chi connectivity index (χ0v) is 13.5. The summed E-state index contributed by atoms with van der Waals surface area (Å²) in [6.07, 6.45) is 0.582. The third kappa shape index (κ3) is 4.04. The minimum absolute atomic E-state index is 0.149. The SMILES string of the molecule is CC(C)C1CC(C(=O)Nc2cccc(S(=O)(=O)C(F)F)c2)NN1. The molecule has 2 rings (SSSR count). The minimum atomic E-state index is -4.69. The lowest BCUT2D eigenvalue weighted by atomic mass is 9.99. The van der Waals surface area contributed by atoms with Crippen LogP contribution in [0.2, 0.25) is 0 Å². The average molecular weight is 347 g/mol. The van der Waals surface area contributed by atoms with Crippen molar-refractivity contribution in [3.8, 4) is 0 Å². The Labute approximate surface area is 133 Å². The van der Waals surface area contributed by atoms with Crippen LogP contribution in [-0.2, 0) is 14.6 Å². The van der Waals surface area contributed by atoms with Crippen LogP contribution in [0.5, 0.6) is 0 Å². The van der Waals surface area contributed by atoms with Crippen LogP contribution in [0.4, 0.5) is 14.5 Å². The summed E-state index contributed by atoms with van der Waals surface area (Å²) in [5.74, 6) is -3.51. The quantitative estimate of drug-likeness (QED) is 0.752. The summed E-state index contributed by atoms with van der Waals surface area (Å²) in [5, 5.41) is 2.54. The third-order valence-corrected chi connectivity index (χ3v) is 5.10. The molecule has 2 atom stereocenters. The Kier molecular flexibility index (Phi) is 5.33. The molecule has 3 N–H and O–H groups in total. The fourth-order valence-corrected chi connectivity index (χ4v) is 3.04. The second-order valence-electron chi connectivity index (χ2n) is 5.75. The molecule has 0 saturated carbocycles. The molecule has 23 heavy (non-hydrogen) atoms. The molecular weight excluding hydrogens is 328 g/mol. The van der Waals surface area contributed by atoms with Crippen LogP contribution < -0.4 is 16.2 Å². The normalized spacial score (nSPS) is 21.8. The fourth-order valence-electron chi connectivity index (χ4n) is 2.27. The molecule has 0 spiro atoms. The van der Waals surface area contributed by atoms with Gasteiger partial charge in [-0.3, -0.25) is 10.2 Å². The number of alkyl halides is 2. The van der Waals surface area contributed by atoms with Crippen LogP contribution in [0.1, 0.15) is 20.3 Å². The standard InChI is InChI=1S/C14H19F2N3O3S/c1-8(2)11-7-12(19-18-11)13(20)17-9-4-3-5-10(6-9)23(21,22)14(15)16/h3-6,8,11-12,14,18-19H,7H2,1-2H3,(H,17,20). The predicted molar refractivity (Wildman–Crippen MR) is 81.6 cm³/mol. The van der Waals surface area contributed by atoms with Crippen LogP contribution in [0.15, 0.2) is 29.2 Å². The molecule has 0 aromatic heterocycles. The van der Waals surface area contributed by atoms with E-state index in [1.807, 2.05) is 13.8 Å². The highest BCUT2D eigenvalue weighted by Gasteiger charge is 2.31. The van der Waals surface area contributed by atoms with Crippen molar-refractivity contribution in [2.75, 3.05) is 5.32 Å². The van der Waals surface area contributed by atoms with Gasteiger partial charge < -0.3 is 5.32 Å². The van der Waals surface area contributed by atoms with Crippen molar-refractivity contribution in [2.24, 2.45) is 5.92 Å². The summed E-state index contributed by atoms with van der Waals surface area (Å²) in [4.78, 5) is 11.6. The third-order valence-electron chi connectivity index (χ3n) is 3.72. The minimum Gasteiger partial charge on any atom is -0.325 e. The Bertz CT molecular complexity index is 680. The van der Waals surface area contributed by atoms with Gasteiger partial charge in [-0.2, -0.15) is 8.78 Å². The molecule has 1 aromatic rings. The van der Waals surface area contributed by atoms with Gasteiger partial charge in [0, 0.05) is 11.7 Å². The van der Waals surface area contributed by atoms with Gasteiger partial charge in [-0.25, -0.2) is 13.8 Å². The van der Waals surface area contributed by atoms with E-state index >= 15 is 0 Å². The Hall–Kier alpha value is -1.58.